The van der Waals surface area contributed by atoms with Gasteiger partial charge in [0, 0.05) is 32.0 Å². The van der Waals surface area contributed by atoms with Crippen molar-refractivity contribution in [3.8, 4) is 11.5 Å². The van der Waals surface area contributed by atoms with E-state index in [0.29, 0.717) is 32.0 Å². The molecule has 1 aliphatic rings. The molecule has 1 unspecified atom stereocenters. The van der Waals surface area contributed by atoms with Crippen LogP contribution >= 0.6 is 0 Å². The molecule has 0 saturated carbocycles. The molecule has 1 amide bonds. The molecule has 0 radical (unpaired) electrons. The Balaban J connectivity index is 1.25. The van der Waals surface area contributed by atoms with Crippen LogP contribution in [0.3, 0.4) is 0 Å². The number of benzene rings is 3. The maximum Gasteiger partial charge on any atom is 0.223 e. The van der Waals surface area contributed by atoms with E-state index < -0.39 is 0 Å². The Labute approximate surface area is 231 Å². The van der Waals surface area contributed by atoms with Crippen LogP contribution in [0.2, 0.25) is 0 Å². The standard InChI is InChI=1S/C33H39N3O3/c1-23(2)28-16-11-24(3)19-31(28)39-18-8-7-17-36-30-10-6-5-9-29(30)34-33(36)26-20-32(37)35(22-26)21-25-12-14-27(38-4)15-13-25/h5-6,9-16,19,23,26H,7-8,17-18,20-22H2,1-4H3. The third-order valence-electron chi connectivity index (χ3n) is 7.62. The van der Waals surface area contributed by atoms with E-state index in [2.05, 4.69) is 61.7 Å². The smallest absolute Gasteiger partial charge is 0.223 e. The lowest BCUT2D eigenvalue weighted by Gasteiger charge is -2.18. The highest BCUT2D eigenvalue weighted by Crippen LogP contribution is 2.32. The average Bonchev–Trinajstić information content (AvgIpc) is 3.48. The van der Waals surface area contributed by atoms with Crippen LogP contribution < -0.4 is 9.47 Å². The van der Waals surface area contributed by atoms with Crippen LogP contribution in [0, 0.1) is 6.92 Å². The summed E-state index contributed by atoms with van der Waals surface area (Å²) in [6.07, 6.45) is 2.42. The maximum absolute atomic E-state index is 13.0. The minimum atomic E-state index is 0.0836. The van der Waals surface area contributed by atoms with Crippen molar-refractivity contribution in [1.82, 2.24) is 14.5 Å². The summed E-state index contributed by atoms with van der Waals surface area (Å²) in [5.74, 6) is 3.53. The van der Waals surface area contributed by atoms with Gasteiger partial charge in [-0.15, -0.1) is 0 Å². The largest absolute Gasteiger partial charge is 0.497 e. The number of hydrogen-bond donors (Lipinski definition) is 0. The summed E-state index contributed by atoms with van der Waals surface area (Å²) in [4.78, 5) is 20.0. The lowest BCUT2D eigenvalue weighted by Crippen LogP contribution is -2.24. The number of rotatable bonds is 11. The first-order chi connectivity index (χ1) is 18.9. The zero-order chi connectivity index (χ0) is 27.4. The van der Waals surface area contributed by atoms with Gasteiger partial charge in [0.2, 0.25) is 5.91 Å². The number of amides is 1. The van der Waals surface area contributed by atoms with Gasteiger partial charge in [-0.1, -0.05) is 50.2 Å². The van der Waals surface area contributed by atoms with E-state index in [1.807, 2.05) is 35.2 Å². The summed E-state index contributed by atoms with van der Waals surface area (Å²) >= 11 is 0. The Morgan fingerprint density at radius 2 is 1.82 bits per heavy atom. The first kappa shape index (κ1) is 26.8. The van der Waals surface area contributed by atoms with E-state index in [1.165, 1.54) is 11.1 Å². The molecule has 1 saturated heterocycles. The number of para-hydroxylation sites is 2. The number of hydrogen-bond acceptors (Lipinski definition) is 4. The number of methoxy groups -OCH3 is 1. The molecule has 2 heterocycles. The molecule has 39 heavy (non-hydrogen) atoms. The summed E-state index contributed by atoms with van der Waals surface area (Å²) in [6.45, 7) is 9.34. The Bertz CT molecular complexity index is 1420. The van der Waals surface area contributed by atoms with Crippen LogP contribution in [0.5, 0.6) is 11.5 Å². The van der Waals surface area contributed by atoms with E-state index in [1.54, 1.807) is 7.11 Å². The molecule has 6 nitrogen and oxygen atoms in total. The molecule has 1 fully saturated rings. The van der Waals surface area contributed by atoms with Gasteiger partial charge in [0.25, 0.3) is 0 Å². The predicted molar refractivity (Wildman–Crippen MR) is 155 cm³/mol. The number of likely N-dealkylation sites (tertiary alicyclic amines) is 1. The Hall–Kier alpha value is -3.80. The number of carbonyl (C=O) groups excluding carboxylic acids is 1. The molecule has 5 rings (SSSR count). The van der Waals surface area contributed by atoms with Crippen LogP contribution in [0.25, 0.3) is 11.0 Å². The topological polar surface area (TPSA) is 56.6 Å². The molecule has 3 aromatic carbocycles. The van der Waals surface area contributed by atoms with Crippen molar-refractivity contribution in [2.75, 3.05) is 20.3 Å². The highest BCUT2D eigenvalue weighted by atomic mass is 16.5. The predicted octanol–water partition coefficient (Wildman–Crippen LogP) is 6.85. The Morgan fingerprint density at radius 3 is 2.59 bits per heavy atom. The monoisotopic (exact) mass is 525 g/mol. The van der Waals surface area contributed by atoms with Gasteiger partial charge >= 0.3 is 0 Å². The number of ether oxygens (including phenoxy) is 2. The molecule has 0 N–H and O–H groups in total. The van der Waals surface area contributed by atoms with E-state index in [-0.39, 0.29) is 11.8 Å². The quantitative estimate of drug-likeness (QED) is 0.201. The fourth-order valence-corrected chi connectivity index (χ4v) is 5.49. The van der Waals surface area contributed by atoms with Gasteiger partial charge in [-0.25, -0.2) is 4.98 Å². The zero-order valence-corrected chi connectivity index (χ0v) is 23.5. The minimum absolute atomic E-state index is 0.0836. The van der Waals surface area contributed by atoms with Gasteiger partial charge in [-0.3, -0.25) is 4.79 Å². The highest BCUT2D eigenvalue weighted by molar-refractivity contribution is 5.81. The number of nitrogens with zero attached hydrogens (tertiary/aromatic N) is 3. The summed E-state index contributed by atoms with van der Waals surface area (Å²) < 4.78 is 13.8. The van der Waals surface area contributed by atoms with Crippen LogP contribution in [0.1, 0.15) is 67.5 Å². The molecule has 6 heteroatoms. The number of aromatic nitrogens is 2. The van der Waals surface area contributed by atoms with Crippen LogP contribution in [0.15, 0.2) is 66.7 Å². The van der Waals surface area contributed by atoms with Gasteiger partial charge in [-0.2, -0.15) is 0 Å². The number of imidazole rings is 1. The van der Waals surface area contributed by atoms with Gasteiger partial charge in [0.05, 0.1) is 24.8 Å². The second kappa shape index (κ2) is 11.9. The highest BCUT2D eigenvalue weighted by Gasteiger charge is 2.34. The molecule has 1 aromatic heterocycles. The summed E-state index contributed by atoms with van der Waals surface area (Å²) in [6, 6.07) is 22.7. The third kappa shape index (κ3) is 6.11. The Morgan fingerprint density at radius 1 is 1.03 bits per heavy atom. The Kier molecular flexibility index (Phi) is 8.20. The molecule has 1 aliphatic heterocycles. The molecule has 0 aliphatic carbocycles. The van der Waals surface area contributed by atoms with Crippen molar-refractivity contribution >= 4 is 16.9 Å². The maximum atomic E-state index is 13.0. The fraction of sp³-hybridized carbons (Fsp3) is 0.394. The van der Waals surface area contributed by atoms with Crippen molar-refractivity contribution in [2.45, 2.75) is 65.0 Å². The van der Waals surface area contributed by atoms with Crippen molar-refractivity contribution in [3.63, 3.8) is 0 Å². The number of unbranched alkanes of at least 4 members (excludes halogenated alkanes) is 1. The van der Waals surface area contributed by atoms with Crippen molar-refractivity contribution in [2.24, 2.45) is 0 Å². The van der Waals surface area contributed by atoms with Gasteiger partial charge in [-0.05, 0) is 72.7 Å². The second-order valence-electron chi connectivity index (χ2n) is 10.9. The molecular formula is C33H39N3O3. The lowest BCUT2D eigenvalue weighted by molar-refractivity contribution is -0.128. The summed E-state index contributed by atoms with van der Waals surface area (Å²) in [5, 5.41) is 0. The number of fused-ring (bicyclic) bond motifs is 1. The van der Waals surface area contributed by atoms with Crippen LogP contribution in [-0.4, -0.2) is 40.6 Å². The second-order valence-corrected chi connectivity index (χ2v) is 10.9. The van der Waals surface area contributed by atoms with Gasteiger partial charge < -0.3 is 18.9 Å². The third-order valence-corrected chi connectivity index (χ3v) is 7.62. The number of aryl methyl sites for hydroxylation is 2. The van der Waals surface area contributed by atoms with Crippen molar-refractivity contribution in [1.29, 1.82) is 0 Å². The van der Waals surface area contributed by atoms with Gasteiger partial charge in [0.15, 0.2) is 0 Å². The zero-order valence-electron chi connectivity index (χ0n) is 23.5. The van der Waals surface area contributed by atoms with E-state index in [9.17, 15) is 4.79 Å². The number of carbonyl (C=O) groups is 1. The first-order valence-electron chi connectivity index (χ1n) is 14.0. The van der Waals surface area contributed by atoms with Crippen molar-refractivity contribution < 1.29 is 14.3 Å². The summed E-state index contributed by atoms with van der Waals surface area (Å²) in [7, 11) is 1.66. The molecule has 0 bridgehead atoms. The minimum Gasteiger partial charge on any atom is -0.497 e. The van der Waals surface area contributed by atoms with E-state index in [4.69, 9.17) is 14.5 Å². The van der Waals surface area contributed by atoms with Crippen LogP contribution in [0.4, 0.5) is 0 Å². The SMILES string of the molecule is COc1ccc(CN2CC(c3nc4ccccc4n3CCCCOc3cc(C)ccc3C(C)C)CC2=O)cc1. The molecule has 0 spiro atoms. The van der Waals surface area contributed by atoms with E-state index in [0.717, 1.165) is 53.3 Å². The molecular weight excluding hydrogens is 486 g/mol. The van der Waals surface area contributed by atoms with Gasteiger partial charge in [0.1, 0.15) is 17.3 Å². The molecule has 204 valence electrons. The first-order valence-corrected chi connectivity index (χ1v) is 14.0. The van der Waals surface area contributed by atoms with Crippen molar-refractivity contribution in [3.05, 3.63) is 89.2 Å². The molecule has 4 aromatic rings. The van der Waals surface area contributed by atoms with Crippen LogP contribution in [-0.2, 0) is 17.9 Å². The fourth-order valence-electron chi connectivity index (χ4n) is 5.49. The summed E-state index contributed by atoms with van der Waals surface area (Å²) in [5.41, 5.74) is 5.71. The molecule has 1 atom stereocenters. The lowest BCUT2D eigenvalue weighted by atomic mass is 10.0. The normalized spacial score (nSPS) is 15.5. The average molecular weight is 526 g/mol. The van der Waals surface area contributed by atoms with E-state index >= 15 is 0 Å².